The molecule has 1 aliphatic heterocycles. The van der Waals surface area contributed by atoms with E-state index in [2.05, 4.69) is 20.4 Å². The van der Waals surface area contributed by atoms with Gasteiger partial charge in [-0.1, -0.05) is 23.7 Å². The molecule has 13 heteroatoms. The average Bonchev–Trinajstić information content (AvgIpc) is 3.31. The first-order valence-electron chi connectivity index (χ1n) is 11.9. The Morgan fingerprint density at radius 2 is 1.79 bits per heavy atom. The summed E-state index contributed by atoms with van der Waals surface area (Å²) >= 11 is 6.33. The van der Waals surface area contributed by atoms with Crippen molar-refractivity contribution in [3.05, 3.63) is 88.2 Å². The highest BCUT2D eigenvalue weighted by Crippen LogP contribution is 2.32. The summed E-state index contributed by atoms with van der Waals surface area (Å²) in [6.45, 7) is 0.398. The lowest BCUT2D eigenvalue weighted by Gasteiger charge is -2.39. The number of amides is 2. The Kier molecular flexibility index (Phi) is 6.98. The number of hydrogen-bond acceptors (Lipinski definition) is 5. The molecule has 2 atom stereocenters. The van der Waals surface area contributed by atoms with E-state index in [-0.39, 0.29) is 29.7 Å². The molecule has 0 unspecified atom stereocenters. The zero-order valence-corrected chi connectivity index (χ0v) is 21.2. The first-order chi connectivity index (χ1) is 18.5. The van der Waals surface area contributed by atoms with Gasteiger partial charge in [-0.2, -0.15) is 18.3 Å². The first kappa shape index (κ1) is 26.5. The summed E-state index contributed by atoms with van der Waals surface area (Å²) in [7, 11) is 1.11. The number of aryl methyl sites for hydroxylation is 1. The summed E-state index contributed by atoms with van der Waals surface area (Å²) in [5.41, 5.74) is 0.443. The number of fused-ring (bicyclic) bond motifs is 1. The fraction of sp³-hybridized carbons (Fsp3) is 0.269. The normalized spacial score (nSPS) is 17.8. The maximum absolute atomic E-state index is 13.7. The van der Waals surface area contributed by atoms with Crippen LogP contribution in [0.25, 0.3) is 11.0 Å². The van der Waals surface area contributed by atoms with Gasteiger partial charge in [-0.25, -0.2) is 4.39 Å². The highest BCUT2D eigenvalue weighted by molar-refractivity contribution is 6.35. The molecule has 1 aliphatic rings. The number of piperidine rings is 1. The molecule has 2 aromatic carbocycles. The summed E-state index contributed by atoms with van der Waals surface area (Å²) in [4.78, 5) is 36.4. The summed E-state index contributed by atoms with van der Waals surface area (Å²) in [6, 6.07) is 8.88. The fourth-order valence-corrected chi connectivity index (χ4v) is 5.04. The molecule has 3 heterocycles. The van der Waals surface area contributed by atoms with Crippen LogP contribution in [-0.4, -0.2) is 55.6 Å². The van der Waals surface area contributed by atoms with E-state index in [4.69, 9.17) is 11.6 Å². The van der Waals surface area contributed by atoms with Gasteiger partial charge in [0.2, 0.25) is 0 Å². The van der Waals surface area contributed by atoms with E-state index in [1.54, 1.807) is 23.1 Å². The van der Waals surface area contributed by atoms with Gasteiger partial charge in [0.1, 0.15) is 17.0 Å². The molecule has 1 saturated heterocycles. The van der Waals surface area contributed by atoms with Gasteiger partial charge in [0, 0.05) is 56.1 Å². The number of carbonyl (C=O) groups excluding carboxylic acids is 2. The molecule has 5 rings (SSSR count). The molecular weight excluding hydrogens is 540 g/mol. The lowest BCUT2D eigenvalue weighted by Crippen LogP contribution is -2.51. The van der Waals surface area contributed by atoms with E-state index in [1.165, 1.54) is 30.6 Å². The summed E-state index contributed by atoms with van der Waals surface area (Å²) in [5, 5.41) is 6.76. The smallest absolute Gasteiger partial charge is 0.347 e. The molecule has 2 aromatic heterocycles. The molecule has 0 radical (unpaired) electrons. The number of alkyl halides is 3. The highest BCUT2D eigenvalue weighted by Gasteiger charge is 2.37. The van der Waals surface area contributed by atoms with Crippen LogP contribution in [0.5, 0.6) is 0 Å². The zero-order chi connectivity index (χ0) is 27.9. The van der Waals surface area contributed by atoms with Crippen LogP contribution < -0.4 is 5.32 Å². The summed E-state index contributed by atoms with van der Waals surface area (Å²) in [6.07, 6.45) is -1.39. The summed E-state index contributed by atoms with van der Waals surface area (Å²) in [5.74, 6) is -2.03. The lowest BCUT2D eigenvalue weighted by molar-refractivity contribution is -0.143. The molecule has 8 nitrogen and oxygen atoms in total. The predicted octanol–water partition coefficient (Wildman–Crippen LogP) is 4.60. The van der Waals surface area contributed by atoms with E-state index in [0.717, 1.165) is 7.05 Å². The molecule has 1 N–H and O–H groups in total. The van der Waals surface area contributed by atoms with Gasteiger partial charge < -0.3 is 10.2 Å². The van der Waals surface area contributed by atoms with Gasteiger partial charge in [0.05, 0.1) is 10.5 Å². The number of nitrogens with one attached hydrogen (secondary N) is 1. The Hall–Kier alpha value is -4.06. The van der Waals surface area contributed by atoms with E-state index < -0.39 is 35.6 Å². The molecular formula is C26H21ClF4N6O2. The second-order valence-electron chi connectivity index (χ2n) is 9.20. The van der Waals surface area contributed by atoms with Crippen molar-refractivity contribution in [2.24, 2.45) is 7.05 Å². The number of carbonyl (C=O) groups is 2. The van der Waals surface area contributed by atoms with Gasteiger partial charge in [-0.3, -0.25) is 24.2 Å². The monoisotopic (exact) mass is 560 g/mol. The molecule has 39 heavy (non-hydrogen) atoms. The standard InChI is InChI=1S/C26H21ClF4N6O2/c1-36-22(26(29,30)31)12-21(35-36)24(38)34-19-6-9-37(13-17(19)14-2-4-16(28)5-3-14)25(39)15-10-18(27)23-20(11-15)32-7-8-33-23/h2-5,7-8,10-12,17,19H,6,9,13H2,1H3,(H,34,38)/t17-,19-/m1/s1. The molecule has 202 valence electrons. The number of halogens is 5. The number of hydrogen-bond donors (Lipinski definition) is 1. The van der Waals surface area contributed by atoms with Gasteiger partial charge >= 0.3 is 6.18 Å². The van der Waals surface area contributed by atoms with E-state index in [0.29, 0.717) is 39.3 Å². The third-order valence-electron chi connectivity index (χ3n) is 6.69. The number of aromatic nitrogens is 4. The minimum atomic E-state index is -4.67. The van der Waals surface area contributed by atoms with Crippen LogP contribution in [-0.2, 0) is 13.2 Å². The van der Waals surface area contributed by atoms with Crippen molar-refractivity contribution >= 4 is 34.4 Å². The Labute approximate surface area is 224 Å². The number of likely N-dealkylation sites (tertiary alicyclic amines) is 1. The summed E-state index contributed by atoms with van der Waals surface area (Å²) < 4.78 is 53.8. The van der Waals surface area contributed by atoms with Crippen molar-refractivity contribution in [3.63, 3.8) is 0 Å². The number of rotatable bonds is 4. The van der Waals surface area contributed by atoms with Crippen LogP contribution in [0.4, 0.5) is 17.6 Å². The van der Waals surface area contributed by atoms with E-state index in [9.17, 15) is 27.2 Å². The minimum Gasteiger partial charge on any atom is -0.347 e. The molecule has 2 amide bonds. The Bertz CT molecular complexity index is 1560. The molecule has 1 fully saturated rings. The molecule has 0 aliphatic carbocycles. The van der Waals surface area contributed by atoms with Crippen molar-refractivity contribution in [2.75, 3.05) is 13.1 Å². The molecule has 0 bridgehead atoms. The number of nitrogens with zero attached hydrogens (tertiary/aromatic N) is 5. The van der Waals surface area contributed by atoms with Crippen molar-refractivity contribution in [3.8, 4) is 0 Å². The average molecular weight is 561 g/mol. The second-order valence-corrected chi connectivity index (χ2v) is 9.60. The topological polar surface area (TPSA) is 93.0 Å². The Balaban J connectivity index is 1.40. The minimum absolute atomic E-state index is 0.154. The highest BCUT2D eigenvalue weighted by atomic mass is 35.5. The van der Waals surface area contributed by atoms with Gasteiger partial charge in [-0.05, 0) is 36.2 Å². The third kappa shape index (κ3) is 5.42. The molecule has 0 spiro atoms. The van der Waals surface area contributed by atoms with E-state index in [1.807, 2.05) is 0 Å². The van der Waals surface area contributed by atoms with Crippen molar-refractivity contribution in [1.29, 1.82) is 0 Å². The third-order valence-corrected chi connectivity index (χ3v) is 6.98. The Morgan fingerprint density at radius 3 is 2.49 bits per heavy atom. The largest absolute Gasteiger partial charge is 0.433 e. The molecule has 4 aromatic rings. The predicted molar refractivity (Wildman–Crippen MR) is 134 cm³/mol. The van der Waals surface area contributed by atoms with Crippen LogP contribution in [0, 0.1) is 5.82 Å². The van der Waals surface area contributed by atoms with Crippen LogP contribution in [0.2, 0.25) is 5.02 Å². The SMILES string of the molecule is Cn1nc(C(=O)N[C@@H]2CCN(C(=O)c3cc(Cl)c4nccnc4c3)C[C@@H]2c2ccc(F)cc2)cc1C(F)(F)F. The Morgan fingerprint density at radius 1 is 1.08 bits per heavy atom. The van der Waals surface area contributed by atoms with Crippen LogP contribution >= 0.6 is 11.6 Å². The van der Waals surface area contributed by atoms with Gasteiger partial charge in [0.25, 0.3) is 11.8 Å². The lowest BCUT2D eigenvalue weighted by atomic mass is 9.85. The maximum Gasteiger partial charge on any atom is 0.433 e. The second kappa shape index (κ2) is 10.3. The van der Waals surface area contributed by atoms with Gasteiger partial charge in [0.15, 0.2) is 5.69 Å². The first-order valence-corrected chi connectivity index (χ1v) is 12.3. The zero-order valence-electron chi connectivity index (χ0n) is 20.4. The quantitative estimate of drug-likeness (QED) is 0.368. The fourth-order valence-electron chi connectivity index (χ4n) is 4.78. The maximum atomic E-state index is 13.7. The van der Waals surface area contributed by atoms with Crippen molar-refractivity contribution in [2.45, 2.75) is 24.6 Å². The number of benzene rings is 2. The van der Waals surface area contributed by atoms with Crippen molar-refractivity contribution in [1.82, 2.24) is 30.0 Å². The van der Waals surface area contributed by atoms with Crippen LogP contribution in [0.3, 0.4) is 0 Å². The van der Waals surface area contributed by atoms with Gasteiger partial charge in [-0.15, -0.1) is 0 Å². The molecule has 0 saturated carbocycles. The van der Waals surface area contributed by atoms with Crippen LogP contribution in [0.1, 0.15) is 44.4 Å². The van der Waals surface area contributed by atoms with E-state index >= 15 is 0 Å². The van der Waals surface area contributed by atoms with Crippen LogP contribution in [0.15, 0.2) is 54.9 Å². The van der Waals surface area contributed by atoms with Crippen molar-refractivity contribution < 1.29 is 27.2 Å².